The van der Waals surface area contributed by atoms with Crippen molar-refractivity contribution in [2.45, 2.75) is 19.8 Å². The molecule has 3 rings (SSSR count). The first-order valence-corrected chi connectivity index (χ1v) is 7.62. The average Bonchev–Trinajstić information content (AvgIpc) is 2.99. The van der Waals surface area contributed by atoms with Crippen LogP contribution in [0.2, 0.25) is 0 Å². The molecule has 122 valence electrons. The molecule has 2 aromatic rings. The lowest BCUT2D eigenvalue weighted by molar-refractivity contribution is 0.0490. The molecule has 7 nitrogen and oxygen atoms in total. The first-order chi connectivity index (χ1) is 11.2. The van der Waals surface area contributed by atoms with Gasteiger partial charge in [0.1, 0.15) is 5.76 Å². The molecule has 2 aromatic heterocycles. The number of pyridine rings is 1. The topological polar surface area (TPSA) is 86.5 Å². The minimum Gasteiger partial charge on any atom is -0.477 e. The minimum absolute atomic E-state index is 0.290. The molecule has 1 amide bonds. The number of hydrogen-bond donors (Lipinski definition) is 1. The third kappa shape index (κ3) is 4.29. The molecule has 0 unspecified atom stereocenters. The van der Waals surface area contributed by atoms with Crippen molar-refractivity contribution in [2.75, 3.05) is 25.1 Å². The maximum atomic E-state index is 12.1. The molecule has 1 aliphatic heterocycles. The van der Waals surface area contributed by atoms with Gasteiger partial charge in [0.2, 0.25) is 5.88 Å². The number of nitrogens with one attached hydrogen (secondary N) is 1. The molecule has 0 aromatic carbocycles. The van der Waals surface area contributed by atoms with Crippen LogP contribution < -0.4 is 10.1 Å². The van der Waals surface area contributed by atoms with Crippen molar-refractivity contribution < 1.29 is 18.8 Å². The van der Waals surface area contributed by atoms with Crippen LogP contribution in [0.4, 0.5) is 5.82 Å². The van der Waals surface area contributed by atoms with Crippen LogP contribution in [0.5, 0.6) is 5.88 Å². The first kappa shape index (κ1) is 15.5. The van der Waals surface area contributed by atoms with Crippen LogP contribution in [0.15, 0.2) is 28.9 Å². The predicted molar refractivity (Wildman–Crippen MR) is 82.5 cm³/mol. The van der Waals surface area contributed by atoms with Crippen LogP contribution in [0.1, 0.15) is 29.0 Å². The van der Waals surface area contributed by atoms with Gasteiger partial charge in [0, 0.05) is 31.5 Å². The summed E-state index contributed by atoms with van der Waals surface area (Å²) in [5.41, 5.74) is 0.434. The summed E-state index contributed by atoms with van der Waals surface area (Å²) in [6.45, 7) is 3.97. The van der Waals surface area contributed by atoms with E-state index in [4.69, 9.17) is 14.0 Å². The summed E-state index contributed by atoms with van der Waals surface area (Å²) in [4.78, 5) is 16.2. The van der Waals surface area contributed by atoms with Gasteiger partial charge in [-0.15, -0.1) is 0 Å². The summed E-state index contributed by atoms with van der Waals surface area (Å²) in [7, 11) is 0. The second-order valence-corrected chi connectivity index (χ2v) is 5.53. The average molecular weight is 317 g/mol. The molecule has 3 heterocycles. The van der Waals surface area contributed by atoms with E-state index in [1.807, 2.05) is 0 Å². The monoisotopic (exact) mass is 317 g/mol. The van der Waals surface area contributed by atoms with Gasteiger partial charge in [0.25, 0.3) is 5.91 Å². The van der Waals surface area contributed by atoms with Crippen molar-refractivity contribution in [3.63, 3.8) is 0 Å². The molecule has 0 atom stereocenters. The maximum absolute atomic E-state index is 12.1. The molecule has 1 N–H and O–H groups in total. The number of anilines is 1. The Balaban J connectivity index is 1.52. The van der Waals surface area contributed by atoms with Crippen LogP contribution in [0, 0.1) is 12.8 Å². The molecule has 0 spiro atoms. The molecule has 0 radical (unpaired) electrons. The molecule has 0 bridgehead atoms. The molecule has 1 aliphatic rings. The second kappa shape index (κ2) is 7.23. The SMILES string of the molecule is Cc1cc(NC(=O)c2ccc(OCC3CCOCC3)nc2)no1. The Morgan fingerprint density at radius 3 is 2.87 bits per heavy atom. The van der Waals surface area contributed by atoms with E-state index in [2.05, 4.69) is 15.5 Å². The first-order valence-electron chi connectivity index (χ1n) is 7.62. The number of carbonyl (C=O) groups is 1. The lowest BCUT2D eigenvalue weighted by Gasteiger charge is -2.21. The highest BCUT2D eigenvalue weighted by atomic mass is 16.5. The van der Waals surface area contributed by atoms with Crippen LogP contribution in [-0.2, 0) is 4.74 Å². The fourth-order valence-corrected chi connectivity index (χ4v) is 2.33. The molecule has 0 saturated carbocycles. The number of amides is 1. The summed E-state index contributed by atoms with van der Waals surface area (Å²) >= 11 is 0. The number of nitrogens with zero attached hydrogens (tertiary/aromatic N) is 2. The number of rotatable bonds is 5. The van der Waals surface area contributed by atoms with Crippen molar-refractivity contribution in [2.24, 2.45) is 5.92 Å². The van der Waals surface area contributed by atoms with Crippen molar-refractivity contribution in [1.82, 2.24) is 10.1 Å². The van der Waals surface area contributed by atoms with Crippen molar-refractivity contribution in [1.29, 1.82) is 0 Å². The Bertz CT molecular complexity index is 648. The highest BCUT2D eigenvalue weighted by molar-refractivity contribution is 6.03. The van der Waals surface area contributed by atoms with Crippen LogP contribution in [0.3, 0.4) is 0 Å². The predicted octanol–water partition coefficient (Wildman–Crippen LogP) is 2.44. The summed E-state index contributed by atoms with van der Waals surface area (Å²) in [5, 5.41) is 6.36. The van der Waals surface area contributed by atoms with Gasteiger partial charge in [0.15, 0.2) is 5.82 Å². The quantitative estimate of drug-likeness (QED) is 0.911. The third-order valence-electron chi connectivity index (χ3n) is 3.68. The lowest BCUT2D eigenvalue weighted by Crippen LogP contribution is -2.21. The molecule has 1 saturated heterocycles. The van der Waals surface area contributed by atoms with Gasteiger partial charge in [-0.25, -0.2) is 4.98 Å². The standard InChI is InChI=1S/C16H19N3O4/c1-11-8-14(19-23-11)18-16(20)13-2-3-15(17-9-13)22-10-12-4-6-21-7-5-12/h2-3,8-9,12H,4-7,10H2,1H3,(H,18,19,20). The Labute approximate surface area is 134 Å². The van der Waals surface area contributed by atoms with Gasteiger partial charge in [-0.1, -0.05) is 5.16 Å². The van der Waals surface area contributed by atoms with E-state index in [-0.39, 0.29) is 5.91 Å². The molecule has 23 heavy (non-hydrogen) atoms. The maximum Gasteiger partial charge on any atom is 0.258 e. The van der Waals surface area contributed by atoms with E-state index in [9.17, 15) is 4.79 Å². The fourth-order valence-electron chi connectivity index (χ4n) is 2.33. The van der Waals surface area contributed by atoms with E-state index in [1.165, 1.54) is 6.20 Å². The van der Waals surface area contributed by atoms with Crippen molar-refractivity contribution in [3.8, 4) is 5.88 Å². The number of aromatic nitrogens is 2. The van der Waals surface area contributed by atoms with Gasteiger partial charge in [-0.3, -0.25) is 4.79 Å². The zero-order valence-corrected chi connectivity index (χ0v) is 12.9. The molecule has 1 fully saturated rings. The molecular weight excluding hydrogens is 298 g/mol. The van der Waals surface area contributed by atoms with Crippen molar-refractivity contribution in [3.05, 3.63) is 35.7 Å². The summed E-state index contributed by atoms with van der Waals surface area (Å²) < 4.78 is 15.9. The third-order valence-corrected chi connectivity index (χ3v) is 3.68. The van der Waals surface area contributed by atoms with Gasteiger partial charge in [0.05, 0.1) is 12.2 Å². The van der Waals surface area contributed by atoms with Gasteiger partial charge in [-0.2, -0.15) is 0 Å². The number of ether oxygens (including phenoxy) is 2. The number of carbonyl (C=O) groups excluding carboxylic acids is 1. The van der Waals surface area contributed by atoms with E-state index < -0.39 is 0 Å². The Kier molecular flexibility index (Phi) is 4.87. The highest BCUT2D eigenvalue weighted by Gasteiger charge is 2.15. The summed E-state index contributed by atoms with van der Waals surface area (Å²) in [5.74, 6) is 1.75. The normalized spacial score (nSPS) is 15.3. The zero-order valence-electron chi connectivity index (χ0n) is 12.9. The van der Waals surface area contributed by atoms with Gasteiger partial charge in [-0.05, 0) is 31.7 Å². The summed E-state index contributed by atoms with van der Waals surface area (Å²) in [6, 6.07) is 5.02. The lowest BCUT2D eigenvalue weighted by atomic mass is 10.0. The van der Waals surface area contributed by atoms with E-state index in [0.717, 1.165) is 26.1 Å². The van der Waals surface area contributed by atoms with Gasteiger partial charge >= 0.3 is 0 Å². The van der Waals surface area contributed by atoms with Crippen LogP contribution >= 0.6 is 0 Å². The number of aryl methyl sites for hydroxylation is 1. The largest absolute Gasteiger partial charge is 0.477 e. The zero-order chi connectivity index (χ0) is 16.1. The smallest absolute Gasteiger partial charge is 0.258 e. The highest BCUT2D eigenvalue weighted by Crippen LogP contribution is 2.17. The number of hydrogen-bond acceptors (Lipinski definition) is 6. The van der Waals surface area contributed by atoms with E-state index >= 15 is 0 Å². The minimum atomic E-state index is -0.290. The molecule has 0 aliphatic carbocycles. The fraction of sp³-hybridized carbons (Fsp3) is 0.438. The van der Waals surface area contributed by atoms with Crippen LogP contribution in [-0.4, -0.2) is 35.9 Å². The van der Waals surface area contributed by atoms with E-state index in [1.54, 1.807) is 25.1 Å². The molecular formula is C16H19N3O4. The second-order valence-electron chi connectivity index (χ2n) is 5.53. The van der Waals surface area contributed by atoms with E-state index in [0.29, 0.717) is 35.5 Å². The van der Waals surface area contributed by atoms with Crippen molar-refractivity contribution >= 4 is 11.7 Å². The summed E-state index contributed by atoms with van der Waals surface area (Å²) in [6.07, 6.45) is 3.51. The van der Waals surface area contributed by atoms with Crippen LogP contribution in [0.25, 0.3) is 0 Å². The Morgan fingerprint density at radius 1 is 1.39 bits per heavy atom. The Morgan fingerprint density at radius 2 is 2.22 bits per heavy atom. The molecule has 7 heteroatoms. The van der Waals surface area contributed by atoms with Gasteiger partial charge < -0.3 is 19.3 Å². The Hall–Kier alpha value is -2.41.